The largest absolute Gasteiger partial charge is 0.456 e. The third-order valence-corrected chi connectivity index (χ3v) is 9.35. The molecule has 186 valence electrons. The molecule has 7 aromatic carbocycles. The summed E-state index contributed by atoms with van der Waals surface area (Å²) in [6.45, 7) is 0. The number of hydrogen-bond donors (Lipinski definition) is 0. The topological polar surface area (TPSA) is 13.1 Å². The van der Waals surface area contributed by atoms with Gasteiger partial charge in [-0.05, 0) is 72.6 Å². The van der Waals surface area contributed by atoms with Gasteiger partial charge in [-0.3, -0.25) is 0 Å². The monoisotopic (exact) mass is 526 g/mol. The Morgan fingerprint density at radius 1 is 0.400 bits per heavy atom. The van der Waals surface area contributed by atoms with Gasteiger partial charge in [-0.25, -0.2) is 0 Å². The zero-order valence-electron chi connectivity index (χ0n) is 21.5. The van der Waals surface area contributed by atoms with Crippen LogP contribution in [0.25, 0.3) is 86.6 Å². The molecule has 40 heavy (non-hydrogen) atoms. The second-order valence-corrected chi connectivity index (χ2v) is 11.3. The van der Waals surface area contributed by atoms with E-state index in [2.05, 4.69) is 127 Å². The quantitative estimate of drug-likeness (QED) is 0.204. The number of fused-ring (bicyclic) bond motifs is 8. The Morgan fingerprint density at radius 2 is 0.975 bits per heavy atom. The molecular formula is C38H22OS. The Labute approximate surface area is 234 Å². The molecule has 0 aliphatic rings. The van der Waals surface area contributed by atoms with Crippen LogP contribution in [-0.4, -0.2) is 0 Å². The number of furan rings is 1. The highest BCUT2D eigenvalue weighted by atomic mass is 32.1. The molecule has 0 amide bonds. The summed E-state index contributed by atoms with van der Waals surface area (Å²) in [5.74, 6) is 0. The molecule has 2 aromatic heterocycles. The van der Waals surface area contributed by atoms with Gasteiger partial charge in [0.2, 0.25) is 0 Å². The number of thiophene rings is 1. The van der Waals surface area contributed by atoms with E-state index in [0.29, 0.717) is 0 Å². The lowest BCUT2D eigenvalue weighted by Gasteiger charge is -2.18. The first kappa shape index (κ1) is 22.0. The van der Waals surface area contributed by atoms with Crippen molar-refractivity contribution in [2.45, 2.75) is 0 Å². The van der Waals surface area contributed by atoms with E-state index in [0.717, 1.165) is 11.2 Å². The second kappa shape index (κ2) is 8.29. The highest BCUT2D eigenvalue weighted by molar-refractivity contribution is 7.19. The Kier molecular flexibility index (Phi) is 4.55. The van der Waals surface area contributed by atoms with Gasteiger partial charge in [0.25, 0.3) is 0 Å². The first-order valence-electron chi connectivity index (χ1n) is 13.6. The molecule has 0 saturated carbocycles. The van der Waals surface area contributed by atoms with Gasteiger partial charge in [0, 0.05) is 26.4 Å². The van der Waals surface area contributed by atoms with Crippen molar-refractivity contribution in [3.63, 3.8) is 0 Å². The number of para-hydroxylation sites is 1. The second-order valence-electron chi connectivity index (χ2n) is 10.4. The Balaban J connectivity index is 1.43. The normalized spacial score (nSPS) is 12.0. The Morgan fingerprint density at radius 3 is 1.70 bits per heavy atom. The average Bonchev–Trinajstić information content (AvgIpc) is 3.61. The molecule has 2 heterocycles. The van der Waals surface area contributed by atoms with Crippen LogP contribution in [0, 0.1) is 0 Å². The molecule has 0 spiro atoms. The van der Waals surface area contributed by atoms with Crippen LogP contribution >= 0.6 is 11.3 Å². The number of hydrogen-bond acceptors (Lipinski definition) is 2. The van der Waals surface area contributed by atoms with E-state index in [4.69, 9.17) is 4.42 Å². The lowest BCUT2D eigenvalue weighted by molar-refractivity contribution is 0.669. The summed E-state index contributed by atoms with van der Waals surface area (Å²) >= 11 is 1.82. The predicted octanol–water partition coefficient (Wildman–Crippen LogP) is 11.6. The molecule has 0 bridgehead atoms. The fraction of sp³-hybridized carbons (Fsp3) is 0. The molecule has 0 radical (unpaired) electrons. The lowest BCUT2D eigenvalue weighted by atomic mass is 9.84. The minimum absolute atomic E-state index is 0.940. The minimum atomic E-state index is 0.940. The van der Waals surface area contributed by atoms with Crippen molar-refractivity contribution in [2.24, 2.45) is 0 Å². The molecule has 0 aliphatic heterocycles. The van der Waals surface area contributed by atoms with Crippen LogP contribution in [0.2, 0.25) is 0 Å². The zero-order valence-corrected chi connectivity index (χ0v) is 22.3. The first-order chi connectivity index (χ1) is 19.9. The summed E-state index contributed by atoms with van der Waals surface area (Å²) in [6, 6.07) is 46.0. The van der Waals surface area contributed by atoms with Crippen molar-refractivity contribution in [3.8, 4) is 22.3 Å². The van der Waals surface area contributed by atoms with Gasteiger partial charge < -0.3 is 4.42 Å². The highest BCUT2D eigenvalue weighted by Gasteiger charge is 2.21. The molecule has 0 fully saturated rings. The van der Waals surface area contributed by atoms with Crippen molar-refractivity contribution < 1.29 is 4.42 Å². The molecule has 0 unspecified atom stereocenters. The molecular weight excluding hydrogens is 504 g/mol. The van der Waals surface area contributed by atoms with Gasteiger partial charge in [0.05, 0.1) is 0 Å². The first-order valence-corrected chi connectivity index (χ1v) is 14.5. The predicted molar refractivity (Wildman–Crippen MR) is 172 cm³/mol. The van der Waals surface area contributed by atoms with E-state index in [9.17, 15) is 0 Å². The van der Waals surface area contributed by atoms with E-state index in [-0.39, 0.29) is 0 Å². The van der Waals surface area contributed by atoms with Crippen LogP contribution in [0.3, 0.4) is 0 Å². The lowest BCUT2D eigenvalue weighted by Crippen LogP contribution is -1.91. The van der Waals surface area contributed by atoms with Gasteiger partial charge >= 0.3 is 0 Å². The third kappa shape index (κ3) is 2.97. The van der Waals surface area contributed by atoms with Crippen molar-refractivity contribution in [1.82, 2.24) is 0 Å². The number of rotatable bonds is 2. The van der Waals surface area contributed by atoms with Gasteiger partial charge in [-0.15, -0.1) is 11.3 Å². The minimum Gasteiger partial charge on any atom is -0.456 e. The average molecular weight is 527 g/mol. The standard InChI is InChI=1S/C38H22OS/c1-2-12-24-23(10-1)11-9-18-25(24)35-26-13-3-5-15-28(26)36(29-16-6-4-14-27(29)35)32-22-40-38-30(32)20-21-34-37(38)31-17-7-8-19-33(31)39-34/h1-22H. The van der Waals surface area contributed by atoms with Gasteiger partial charge in [0.1, 0.15) is 11.2 Å². The highest BCUT2D eigenvalue weighted by Crippen LogP contribution is 2.49. The molecule has 9 aromatic rings. The maximum Gasteiger partial charge on any atom is 0.136 e. The molecule has 0 N–H and O–H groups in total. The van der Waals surface area contributed by atoms with Crippen LogP contribution in [0.4, 0.5) is 0 Å². The van der Waals surface area contributed by atoms with E-state index >= 15 is 0 Å². The smallest absolute Gasteiger partial charge is 0.136 e. The van der Waals surface area contributed by atoms with Crippen molar-refractivity contribution in [3.05, 3.63) is 133 Å². The zero-order chi connectivity index (χ0) is 26.2. The van der Waals surface area contributed by atoms with Crippen LogP contribution < -0.4 is 0 Å². The molecule has 0 aliphatic carbocycles. The maximum atomic E-state index is 6.22. The molecule has 0 saturated heterocycles. The summed E-state index contributed by atoms with van der Waals surface area (Å²) in [7, 11) is 0. The van der Waals surface area contributed by atoms with Crippen molar-refractivity contribution >= 4 is 75.7 Å². The van der Waals surface area contributed by atoms with Crippen molar-refractivity contribution in [1.29, 1.82) is 0 Å². The SMILES string of the molecule is c1ccc2c(-c3c4ccccc4c(-c4csc5c4ccc4oc6ccccc6c45)c4ccccc34)cccc2c1. The number of benzene rings is 7. The van der Waals surface area contributed by atoms with E-state index in [1.165, 1.54) is 75.4 Å². The fourth-order valence-electron chi connectivity index (χ4n) is 6.65. The van der Waals surface area contributed by atoms with Crippen LogP contribution in [-0.2, 0) is 0 Å². The molecule has 0 atom stereocenters. The van der Waals surface area contributed by atoms with E-state index in [1.807, 2.05) is 17.4 Å². The molecule has 9 rings (SSSR count). The Bertz CT molecular complexity index is 2380. The van der Waals surface area contributed by atoms with Gasteiger partial charge in [0.15, 0.2) is 0 Å². The third-order valence-electron chi connectivity index (χ3n) is 8.34. The van der Waals surface area contributed by atoms with Gasteiger partial charge in [-0.1, -0.05) is 109 Å². The molecule has 1 nitrogen and oxygen atoms in total. The maximum absolute atomic E-state index is 6.22. The van der Waals surface area contributed by atoms with Crippen LogP contribution in [0.5, 0.6) is 0 Å². The van der Waals surface area contributed by atoms with E-state index < -0.39 is 0 Å². The van der Waals surface area contributed by atoms with Crippen molar-refractivity contribution in [2.75, 3.05) is 0 Å². The Hall–Kier alpha value is -4.92. The van der Waals surface area contributed by atoms with Crippen LogP contribution in [0.15, 0.2) is 137 Å². The fourth-order valence-corrected chi connectivity index (χ4v) is 7.76. The summed E-state index contributed by atoms with van der Waals surface area (Å²) in [5, 5.41) is 13.7. The summed E-state index contributed by atoms with van der Waals surface area (Å²) < 4.78 is 7.50. The summed E-state index contributed by atoms with van der Waals surface area (Å²) in [5.41, 5.74) is 7.05. The summed E-state index contributed by atoms with van der Waals surface area (Å²) in [6.07, 6.45) is 0. The van der Waals surface area contributed by atoms with Crippen LogP contribution in [0.1, 0.15) is 0 Å². The molecule has 2 heteroatoms. The summed E-state index contributed by atoms with van der Waals surface area (Å²) in [4.78, 5) is 0. The van der Waals surface area contributed by atoms with E-state index in [1.54, 1.807) is 0 Å². The van der Waals surface area contributed by atoms with Gasteiger partial charge in [-0.2, -0.15) is 0 Å².